The van der Waals surface area contributed by atoms with Crippen molar-refractivity contribution in [2.45, 2.75) is 0 Å². The number of halogens is 2. The summed E-state index contributed by atoms with van der Waals surface area (Å²) in [7, 11) is 0. The van der Waals surface area contributed by atoms with Crippen LogP contribution in [0.5, 0.6) is 0 Å². The van der Waals surface area contributed by atoms with E-state index in [4.69, 9.17) is 20.4 Å². The van der Waals surface area contributed by atoms with Gasteiger partial charge in [0.2, 0.25) is 0 Å². The van der Waals surface area contributed by atoms with Crippen molar-refractivity contribution in [3.05, 3.63) is 93.8 Å². The molecule has 0 spiro atoms. The van der Waals surface area contributed by atoms with Gasteiger partial charge in [0, 0.05) is 15.6 Å². The lowest BCUT2D eigenvalue weighted by Gasteiger charge is -1.99. The van der Waals surface area contributed by atoms with Gasteiger partial charge in [0.25, 0.3) is 0 Å². The maximum absolute atomic E-state index is 12.2. The number of benzene rings is 2. The molecule has 0 unspecified atom stereocenters. The van der Waals surface area contributed by atoms with Gasteiger partial charge in [-0.2, -0.15) is 5.10 Å². The molecule has 2 aromatic heterocycles. The molecule has 0 aliphatic heterocycles. The van der Waals surface area contributed by atoms with Gasteiger partial charge < -0.3 is 8.83 Å². The van der Waals surface area contributed by atoms with Crippen molar-refractivity contribution in [2.24, 2.45) is 5.10 Å². The topological polar surface area (TPSA) is 67.7 Å². The fraction of sp³-hybridized carbons (Fsp3) is 0. The number of carbonyl (C=O) groups excluding carboxylic acids is 1. The lowest BCUT2D eigenvalue weighted by Crippen LogP contribution is -2.16. The van der Waals surface area contributed by atoms with Crippen molar-refractivity contribution in [2.75, 3.05) is 0 Å². The predicted molar refractivity (Wildman–Crippen MR) is 116 cm³/mol. The van der Waals surface area contributed by atoms with Gasteiger partial charge in [-0.25, -0.2) is 5.43 Å². The van der Waals surface area contributed by atoms with E-state index in [0.29, 0.717) is 27.9 Å². The van der Waals surface area contributed by atoms with Crippen LogP contribution in [-0.2, 0) is 0 Å². The van der Waals surface area contributed by atoms with Crippen molar-refractivity contribution in [1.29, 1.82) is 0 Å². The summed E-state index contributed by atoms with van der Waals surface area (Å²) in [5.41, 5.74) is 4.08. The fourth-order valence-corrected chi connectivity index (χ4v) is 3.16. The van der Waals surface area contributed by atoms with Gasteiger partial charge in [-0.3, -0.25) is 4.79 Å². The van der Waals surface area contributed by atoms with Gasteiger partial charge >= 0.3 is 5.91 Å². The van der Waals surface area contributed by atoms with Crippen molar-refractivity contribution in [1.82, 2.24) is 5.43 Å². The van der Waals surface area contributed by atoms with Crippen LogP contribution >= 0.6 is 27.5 Å². The third kappa shape index (κ3) is 4.50. The number of nitrogens with one attached hydrogen (secondary N) is 1. The number of furan rings is 2. The molecule has 4 aromatic rings. The minimum absolute atomic E-state index is 0.132. The van der Waals surface area contributed by atoms with Crippen LogP contribution in [0.4, 0.5) is 0 Å². The van der Waals surface area contributed by atoms with E-state index in [-0.39, 0.29) is 5.76 Å². The van der Waals surface area contributed by atoms with Gasteiger partial charge in [0.05, 0.1) is 11.2 Å². The van der Waals surface area contributed by atoms with Gasteiger partial charge in [-0.15, -0.1) is 0 Å². The molecule has 0 fully saturated rings. The Kier molecular flexibility index (Phi) is 5.64. The van der Waals surface area contributed by atoms with Crippen LogP contribution in [0.2, 0.25) is 5.02 Å². The van der Waals surface area contributed by atoms with Crippen molar-refractivity contribution < 1.29 is 13.6 Å². The Morgan fingerprint density at radius 1 is 0.931 bits per heavy atom. The van der Waals surface area contributed by atoms with Crippen LogP contribution in [0.25, 0.3) is 22.6 Å². The molecule has 0 atom stereocenters. The molecule has 0 saturated heterocycles. The zero-order chi connectivity index (χ0) is 20.2. The van der Waals surface area contributed by atoms with Crippen LogP contribution in [0.15, 0.2) is 91.2 Å². The standard InChI is InChI=1S/C22H14BrClN2O3/c23-15-7-5-14(6-8-15)19-10-9-16(28-19)13-25-26-22(27)21-12-11-20(29-21)17-3-1-2-4-18(17)24/h1-13H,(H,26,27)/b25-13-. The van der Waals surface area contributed by atoms with E-state index < -0.39 is 5.91 Å². The quantitative estimate of drug-likeness (QED) is 0.272. The van der Waals surface area contributed by atoms with Crippen molar-refractivity contribution in [3.63, 3.8) is 0 Å². The van der Waals surface area contributed by atoms with Gasteiger partial charge in [-0.1, -0.05) is 51.8 Å². The molecule has 1 amide bonds. The molecule has 29 heavy (non-hydrogen) atoms. The number of rotatable bonds is 5. The molecule has 0 aliphatic rings. The van der Waals surface area contributed by atoms with Crippen LogP contribution in [0.1, 0.15) is 16.3 Å². The number of hydrazone groups is 1. The Labute approximate surface area is 180 Å². The second-order valence-corrected chi connectivity index (χ2v) is 7.37. The maximum atomic E-state index is 12.2. The molecule has 0 saturated carbocycles. The van der Waals surface area contributed by atoms with Crippen molar-refractivity contribution >= 4 is 39.7 Å². The SMILES string of the molecule is O=C(N/N=C\c1ccc(-c2ccc(Br)cc2)o1)c1ccc(-c2ccccc2Cl)o1. The highest BCUT2D eigenvalue weighted by atomic mass is 79.9. The molecule has 2 heterocycles. The average molecular weight is 470 g/mol. The highest BCUT2D eigenvalue weighted by molar-refractivity contribution is 9.10. The zero-order valence-electron chi connectivity index (χ0n) is 14.9. The number of hydrogen-bond donors (Lipinski definition) is 1. The smallest absolute Gasteiger partial charge is 0.307 e. The lowest BCUT2D eigenvalue weighted by atomic mass is 10.2. The maximum Gasteiger partial charge on any atom is 0.307 e. The summed E-state index contributed by atoms with van der Waals surface area (Å²) < 4.78 is 12.3. The van der Waals surface area contributed by atoms with Crippen LogP contribution in [-0.4, -0.2) is 12.1 Å². The predicted octanol–water partition coefficient (Wildman–Crippen LogP) is 6.39. The third-order valence-electron chi connectivity index (χ3n) is 4.08. The molecule has 0 aliphatic carbocycles. The van der Waals surface area contributed by atoms with Crippen LogP contribution in [0.3, 0.4) is 0 Å². The van der Waals surface area contributed by atoms with Crippen LogP contribution < -0.4 is 5.43 Å². The first kappa shape index (κ1) is 19.2. The summed E-state index contributed by atoms with van der Waals surface area (Å²) in [6.07, 6.45) is 1.43. The highest BCUT2D eigenvalue weighted by Crippen LogP contribution is 2.29. The molecular formula is C22H14BrClN2O3. The Bertz CT molecular complexity index is 1180. The highest BCUT2D eigenvalue weighted by Gasteiger charge is 2.13. The largest absolute Gasteiger partial charge is 0.455 e. The molecule has 0 bridgehead atoms. The Morgan fingerprint density at radius 2 is 1.69 bits per heavy atom. The molecule has 5 nitrogen and oxygen atoms in total. The van der Waals surface area contributed by atoms with E-state index in [1.807, 2.05) is 48.5 Å². The molecule has 7 heteroatoms. The molecule has 1 N–H and O–H groups in total. The van der Waals surface area contributed by atoms with E-state index in [1.165, 1.54) is 6.21 Å². The summed E-state index contributed by atoms with van der Waals surface area (Å²) in [6.45, 7) is 0. The summed E-state index contributed by atoms with van der Waals surface area (Å²) >= 11 is 9.56. The molecule has 4 rings (SSSR count). The average Bonchev–Trinajstić information content (AvgIpc) is 3.39. The first-order valence-electron chi connectivity index (χ1n) is 8.64. The van der Waals surface area contributed by atoms with E-state index in [1.54, 1.807) is 24.3 Å². The number of hydrogen-bond acceptors (Lipinski definition) is 4. The second-order valence-electron chi connectivity index (χ2n) is 6.05. The van der Waals surface area contributed by atoms with Gasteiger partial charge in [0.1, 0.15) is 17.3 Å². The second kappa shape index (κ2) is 8.51. The monoisotopic (exact) mass is 468 g/mol. The number of amides is 1. The van der Waals surface area contributed by atoms with Gasteiger partial charge in [0.15, 0.2) is 5.76 Å². The molecular weight excluding hydrogens is 456 g/mol. The van der Waals surface area contributed by atoms with Gasteiger partial charge in [-0.05, 0) is 48.5 Å². The Balaban J connectivity index is 1.41. The summed E-state index contributed by atoms with van der Waals surface area (Å²) in [5, 5.41) is 4.47. The summed E-state index contributed by atoms with van der Waals surface area (Å²) in [6, 6.07) is 21.9. The molecule has 0 radical (unpaired) electrons. The molecule has 144 valence electrons. The first-order chi connectivity index (χ1) is 14.1. The first-order valence-corrected chi connectivity index (χ1v) is 9.81. The van der Waals surface area contributed by atoms with Crippen molar-refractivity contribution in [3.8, 4) is 22.6 Å². The fourth-order valence-electron chi connectivity index (χ4n) is 2.67. The number of carbonyl (C=O) groups is 1. The Morgan fingerprint density at radius 3 is 2.48 bits per heavy atom. The molecule has 2 aromatic carbocycles. The lowest BCUT2D eigenvalue weighted by molar-refractivity contribution is 0.0928. The van der Waals surface area contributed by atoms with Crippen LogP contribution in [0, 0.1) is 0 Å². The van der Waals surface area contributed by atoms with E-state index in [2.05, 4.69) is 26.5 Å². The summed E-state index contributed by atoms with van der Waals surface area (Å²) in [4.78, 5) is 12.2. The van der Waals surface area contributed by atoms with E-state index in [0.717, 1.165) is 10.0 Å². The minimum Gasteiger partial charge on any atom is -0.455 e. The Hall–Kier alpha value is -3.09. The minimum atomic E-state index is -0.473. The zero-order valence-corrected chi connectivity index (χ0v) is 17.3. The van der Waals surface area contributed by atoms with E-state index in [9.17, 15) is 4.79 Å². The normalized spacial score (nSPS) is 11.1. The summed E-state index contributed by atoms with van der Waals surface area (Å²) in [5.74, 6) is 1.39. The third-order valence-corrected chi connectivity index (χ3v) is 4.94. The number of nitrogens with zero attached hydrogens (tertiary/aromatic N) is 1. The van der Waals surface area contributed by atoms with E-state index >= 15 is 0 Å².